The Hall–Kier alpha value is -4.79. The molecule has 0 radical (unpaired) electrons. The minimum atomic E-state index is -1.52. The second-order valence-corrected chi connectivity index (χ2v) is 11.3. The molecule has 5 rings (SSSR count). The lowest BCUT2D eigenvalue weighted by Crippen LogP contribution is -2.39. The van der Waals surface area contributed by atoms with Crippen molar-refractivity contribution in [3.63, 3.8) is 0 Å². The van der Waals surface area contributed by atoms with Gasteiger partial charge in [0.1, 0.15) is 41.5 Å². The van der Waals surface area contributed by atoms with E-state index in [0.717, 1.165) is 21.3 Å². The molecule has 1 saturated heterocycles. The first-order valence-electron chi connectivity index (χ1n) is 15.5. The number of aliphatic hydroxyl groups is 2. The summed E-state index contributed by atoms with van der Waals surface area (Å²) in [5, 5.41) is 24.9. The van der Waals surface area contributed by atoms with Crippen molar-refractivity contribution in [1.29, 1.82) is 0 Å². The Labute approximate surface area is 276 Å². The Kier molecular flexibility index (Phi) is 11.1. The Morgan fingerprint density at radius 1 is 0.917 bits per heavy atom. The summed E-state index contributed by atoms with van der Waals surface area (Å²) in [4.78, 5) is 39.7. The maximum Gasteiger partial charge on any atom is 0.328 e. The highest BCUT2D eigenvalue weighted by molar-refractivity contribution is 5.75. The largest absolute Gasteiger partial charge is 0.497 e. The van der Waals surface area contributed by atoms with Gasteiger partial charge in [0.2, 0.25) is 5.91 Å². The van der Waals surface area contributed by atoms with Gasteiger partial charge < -0.3 is 40.2 Å². The minimum Gasteiger partial charge on any atom is -0.497 e. The van der Waals surface area contributed by atoms with Crippen molar-refractivity contribution in [1.82, 2.24) is 14.9 Å². The fraction of sp³-hybridized carbons (Fsp3) is 0.343. The van der Waals surface area contributed by atoms with Crippen molar-refractivity contribution in [2.45, 2.75) is 43.0 Å². The lowest BCUT2D eigenvalue weighted by molar-refractivity contribution is -0.121. The molecule has 254 valence electrons. The monoisotopic (exact) mass is 660 g/mol. The summed E-state index contributed by atoms with van der Waals surface area (Å²) in [6, 6.07) is 24.4. The molecule has 1 aliphatic rings. The number of rotatable bonds is 14. The van der Waals surface area contributed by atoms with Crippen LogP contribution >= 0.6 is 0 Å². The number of ether oxygens (including phenoxy) is 4. The van der Waals surface area contributed by atoms with Gasteiger partial charge in [-0.25, -0.2) is 4.79 Å². The van der Waals surface area contributed by atoms with Gasteiger partial charge in [-0.1, -0.05) is 54.6 Å². The van der Waals surface area contributed by atoms with E-state index in [0.29, 0.717) is 11.5 Å². The first-order valence-corrected chi connectivity index (χ1v) is 15.5. The van der Waals surface area contributed by atoms with Crippen LogP contribution in [0.5, 0.6) is 11.5 Å². The number of nitrogens with two attached hydrogens (primary N) is 1. The Morgan fingerprint density at radius 2 is 1.50 bits per heavy atom. The van der Waals surface area contributed by atoms with Crippen LogP contribution in [0.3, 0.4) is 0 Å². The molecule has 0 saturated carbocycles. The van der Waals surface area contributed by atoms with Gasteiger partial charge in [-0.3, -0.25) is 19.1 Å². The number of aliphatic hydroxyl groups excluding tert-OH is 2. The highest BCUT2D eigenvalue weighted by Crippen LogP contribution is 2.43. The van der Waals surface area contributed by atoms with Crippen LogP contribution < -0.4 is 31.8 Å². The van der Waals surface area contributed by atoms with Crippen molar-refractivity contribution < 1.29 is 34.0 Å². The third-order valence-electron chi connectivity index (χ3n) is 8.39. The zero-order valence-electron chi connectivity index (χ0n) is 26.7. The molecule has 1 amide bonds. The van der Waals surface area contributed by atoms with Crippen molar-refractivity contribution >= 4 is 5.91 Å². The van der Waals surface area contributed by atoms with E-state index in [2.05, 4.69) is 10.3 Å². The number of amides is 1. The van der Waals surface area contributed by atoms with E-state index >= 15 is 0 Å². The van der Waals surface area contributed by atoms with Gasteiger partial charge >= 0.3 is 5.69 Å². The normalized spacial score (nSPS) is 19.2. The van der Waals surface area contributed by atoms with E-state index in [1.165, 1.54) is 6.20 Å². The Bertz CT molecular complexity index is 1730. The molecular formula is C35H40N4O9. The van der Waals surface area contributed by atoms with Gasteiger partial charge in [0.25, 0.3) is 5.56 Å². The molecular weight excluding hydrogens is 620 g/mol. The van der Waals surface area contributed by atoms with Crippen LogP contribution in [0.1, 0.15) is 34.8 Å². The zero-order valence-corrected chi connectivity index (χ0v) is 26.7. The van der Waals surface area contributed by atoms with E-state index in [9.17, 15) is 24.6 Å². The Balaban J connectivity index is 1.47. The summed E-state index contributed by atoms with van der Waals surface area (Å²) in [7, 11) is 3.16. The number of benzene rings is 3. The standard InChI is InChI=1S/C35H40N4O9/c1-45-25-12-8-23(9-13-25)35(22-6-4-3-5-7-22,24-10-14-26(46-2)15-11-24)47-21-28-30(41)31(42)32(48-28)27-20-39(34(44)38-33(27)43)19-16-29(40)37-18-17-36/h3-15,20,28,30-32,41-42H,16-19,21,36H2,1-2H3,(H,37,40)(H,38,43,44)/t28-,30-,31-,32+/m1/s1. The summed E-state index contributed by atoms with van der Waals surface area (Å²) in [5.74, 6) is 0.984. The first-order chi connectivity index (χ1) is 23.2. The van der Waals surface area contributed by atoms with Crippen molar-refractivity contribution in [2.24, 2.45) is 5.73 Å². The van der Waals surface area contributed by atoms with Crippen LogP contribution in [0.15, 0.2) is 94.6 Å². The first kappa shape index (κ1) is 34.5. The molecule has 13 nitrogen and oxygen atoms in total. The summed E-state index contributed by atoms with van der Waals surface area (Å²) in [5.41, 5.74) is 4.90. The molecule has 1 aromatic heterocycles. The number of aryl methyl sites for hydroxylation is 1. The minimum absolute atomic E-state index is 0.0414. The number of hydrogen-bond acceptors (Lipinski definition) is 10. The Morgan fingerprint density at radius 3 is 2.06 bits per heavy atom. The topological polar surface area (TPSA) is 187 Å². The number of hydrogen-bond donors (Lipinski definition) is 5. The SMILES string of the molecule is COc1ccc(C(OC[C@H]2O[C@@H](c3cn(CCC(=O)NCCN)c(=O)[nH]c3=O)[C@H](O)[C@@H]2O)(c2ccccc2)c2ccc(OC)cc2)cc1. The van der Waals surface area contributed by atoms with Crippen LogP contribution in [0.2, 0.25) is 0 Å². The molecule has 0 aliphatic carbocycles. The molecule has 0 bridgehead atoms. The number of aromatic amines is 1. The van der Waals surface area contributed by atoms with E-state index < -0.39 is 41.3 Å². The highest BCUT2D eigenvalue weighted by atomic mass is 16.6. The van der Waals surface area contributed by atoms with E-state index in [1.54, 1.807) is 14.2 Å². The van der Waals surface area contributed by atoms with E-state index in [1.807, 2.05) is 78.9 Å². The van der Waals surface area contributed by atoms with E-state index in [4.69, 9.17) is 24.7 Å². The third-order valence-corrected chi connectivity index (χ3v) is 8.39. The molecule has 4 atom stereocenters. The van der Waals surface area contributed by atoms with Gasteiger partial charge in [0, 0.05) is 32.3 Å². The number of aromatic nitrogens is 2. The maximum absolute atomic E-state index is 12.9. The second kappa shape index (κ2) is 15.4. The fourth-order valence-electron chi connectivity index (χ4n) is 5.84. The average molecular weight is 661 g/mol. The van der Waals surface area contributed by atoms with E-state index in [-0.39, 0.29) is 44.1 Å². The molecule has 1 aliphatic heterocycles. The molecule has 2 heterocycles. The summed E-state index contributed by atoms with van der Waals surface area (Å²) in [6.45, 7) is 0.308. The zero-order chi connectivity index (χ0) is 34.3. The number of nitrogens with one attached hydrogen (secondary N) is 2. The van der Waals surface area contributed by atoms with Crippen LogP contribution in [-0.2, 0) is 26.4 Å². The van der Waals surface area contributed by atoms with Gasteiger partial charge in [0.05, 0.1) is 26.4 Å². The van der Waals surface area contributed by atoms with Crippen LogP contribution in [-0.4, -0.2) is 77.9 Å². The predicted octanol–water partition coefficient (Wildman–Crippen LogP) is 1.19. The second-order valence-electron chi connectivity index (χ2n) is 11.3. The number of H-pyrrole nitrogens is 1. The molecule has 1 fully saturated rings. The number of carbonyl (C=O) groups excluding carboxylic acids is 1. The molecule has 0 spiro atoms. The smallest absolute Gasteiger partial charge is 0.328 e. The summed E-state index contributed by atoms with van der Waals surface area (Å²) in [6.07, 6.45) is -4.14. The molecule has 6 N–H and O–H groups in total. The predicted molar refractivity (Wildman–Crippen MR) is 176 cm³/mol. The summed E-state index contributed by atoms with van der Waals surface area (Å²) >= 11 is 0. The molecule has 13 heteroatoms. The molecule has 3 aromatic carbocycles. The molecule has 4 aromatic rings. The molecule has 0 unspecified atom stereocenters. The third kappa shape index (κ3) is 7.20. The fourth-order valence-corrected chi connectivity index (χ4v) is 5.84. The highest BCUT2D eigenvalue weighted by Gasteiger charge is 2.47. The van der Waals surface area contributed by atoms with Crippen LogP contribution in [0.25, 0.3) is 0 Å². The molecule has 48 heavy (non-hydrogen) atoms. The van der Waals surface area contributed by atoms with Crippen molar-refractivity contribution in [3.05, 3.63) is 128 Å². The maximum atomic E-state index is 12.9. The average Bonchev–Trinajstić information content (AvgIpc) is 3.40. The quantitative estimate of drug-likeness (QED) is 0.123. The van der Waals surface area contributed by atoms with Crippen molar-refractivity contribution in [3.8, 4) is 11.5 Å². The van der Waals surface area contributed by atoms with Crippen LogP contribution in [0.4, 0.5) is 0 Å². The lowest BCUT2D eigenvalue weighted by Gasteiger charge is -2.37. The lowest BCUT2D eigenvalue weighted by atomic mass is 9.80. The van der Waals surface area contributed by atoms with Gasteiger partial charge in [-0.15, -0.1) is 0 Å². The van der Waals surface area contributed by atoms with Gasteiger partial charge in [-0.05, 0) is 41.0 Å². The van der Waals surface area contributed by atoms with Gasteiger partial charge in [-0.2, -0.15) is 0 Å². The van der Waals surface area contributed by atoms with Crippen LogP contribution in [0, 0.1) is 0 Å². The van der Waals surface area contributed by atoms with Gasteiger partial charge in [0.15, 0.2) is 0 Å². The van der Waals surface area contributed by atoms with Crippen molar-refractivity contribution in [2.75, 3.05) is 33.9 Å². The number of methoxy groups -OCH3 is 2. The summed E-state index contributed by atoms with van der Waals surface area (Å²) < 4.78 is 24.9. The number of nitrogens with zero attached hydrogens (tertiary/aromatic N) is 1. The number of carbonyl (C=O) groups is 1.